The summed E-state index contributed by atoms with van der Waals surface area (Å²) in [5, 5.41) is 13.2. The summed E-state index contributed by atoms with van der Waals surface area (Å²) in [6, 6.07) is 18.3. The second-order valence-corrected chi connectivity index (χ2v) is 10.6. The number of ketones is 1. The van der Waals surface area contributed by atoms with Crippen LogP contribution in [0.4, 0.5) is 0 Å². The third-order valence-electron chi connectivity index (χ3n) is 6.95. The summed E-state index contributed by atoms with van der Waals surface area (Å²) in [6.45, 7) is 6.92. The SMILES string of the molecule is Cc1cccc(COc2ccc(C(O)=C3C(=O)C(=O)N(CCCN4CCOCC4)[C@H]3c3cccs3)cc2)c1. The Hall–Kier alpha value is -3.46. The number of rotatable bonds is 9. The third-order valence-corrected chi connectivity index (χ3v) is 7.87. The molecule has 1 aromatic heterocycles. The Morgan fingerprint density at radius 1 is 1.05 bits per heavy atom. The Morgan fingerprint density at radius 2 is 1.84 bits per heavy atom. The monoisotopic (exact) mass is 532 g/mol. The lowest BCUT2D eigenvalue weighted by Gasteiger charge is -2.28. The van der Waals surface area contributed by atoms with Gasteiger partial charge in [-0.05, 0) is 54.6 Å². The molecule has 2 aliphatic heterocycles. The van der Waals surface area contributed by atoms with Gasteiger partial charge in [0.05, 0.1) is 24.8 Å². The third kappa shape index (κ3) is 5.83. The molecule has 2 aliphatic rings. The van der Waals surface area contributed by atoms with Crippen molar-refractivity contribution in [1.29, 1.82) is 0 Å². The van der Waals surface area contributed by atoms with Gasteiger partial charge in [-0.15, -0.1) is 11.3 Å². The second-order valence-electron chi connectivity index (χ2n) is 9.62. The van der Waals surface area contributed by atoms with E-state index in [1.54, 1.807) is 29.2 Å². The van der Waals surface area contributed by atoms with Crippen molar-refractivity contribution < 1.29 is 24.2 Å². The van der Waals surface area contributed by atoms with Crippen molar-refractivity contribution in [2.45, 2.75) is 26.0 Å². The van der Waals surface area contributed by atoms with E-state index in [0.717, 1.165) is 49.7 Å². The lowest BCUT2D eigenvalue weighted by atomic mass is 10.00. The smallest absolute Gasteiger partial charge is 0.295 e. The molecule has 198 valence electrons. The summed E-state index contributed by atoms with van der Waals surface area (Å²) < 4.78 is 11.3. The van der Waals surface area contributed by atoms with Crippen LogP contribution in [0.25, 0.3) is 5.76 Å². The van der Waals surface area contributed by atoms with Crippen molar-refractivity contribution in [2.24, 2.45) is 0 Å². The number of thiophene rings is 1. The van der Waals surface area contributed by atoms with Crippen molar-refractivity contribution in [1.82, 2.24) is 9.80 Å². The number of ether oxygens (including phenoxy) is 2. The van der Waals surface area contributed by atoms with E-state index in [2.05, 4.69) is 11.0 Å². The predicted octanol–water partition coefficient (Wildman–Crippen LogP) is 4.78. The highest BCUT2D eigenvalue weighted by atomic mass is 32.1. The summed E-state index contributed by atoms with van der Waals surface area (Å²) in [4.78, 5) is 31.1. The fraction of sp³-hybridized carbons (Fsp3) is 0.333. The number of hydrogen-bond acceptors (Lipinski definition) is 7. The van der Waals surface area contributed by atoms with E-state index in [9.17, 15) is 14.7 Å². The van der Waals surface area contributed by atoms with Crippen LogP contribution in [0.5, 0.6) is 5.75 Å². The quantitative estimate of drug-likeness (QED) is 0.243. The number of Topliss-reactive ketones (excluding diaryl/α,β-unsaturated/α-hetero) is 1. The highest BCUT2D eigenvalue weighted by Crippen LogP contribution is 2.41. The number of hydrogen-bond donors (Lipinski definition) is 1. The van der Waals surface area contributed by atoms with Crippen LogP contribution in [0.1, 0.15) is 34.0 Å². The molecule has 0 aliphatic carbocycles. The number of amides is 1. The van der Waals surface area contributed by atoms with E-state index in [4.69, 9.17) is 9.47 Å². The Balaban J connectivity index is 1.34. The first-order chi connectivity index (χ1) is 18.5. The number of benzene rings is 2. The first-order valence-electron chi connectivity index (χ1n) is 12.9. The van der Waals surface area contributed by atoms with E-state index in [1.165, 1.54) is 16.9 Å². The van der Waals surface area contributed by atoms with Crippen LogP contribution in [0, 0.1) is 6.92 Å². The minimum absolute atomic E-state index is 0.136. The normalized spacial score (nSPS) is 19.7. The fourth-order valence-corrected chi connectivity index (χ4v) is 5.82. The molecule has 0 saturated carbocycles. The number of morpholine rings is 1. The summed E-state index contributed by atoms with van der Waals surface area (Å²) >= 11 is 1.48. The van der Waals surface area contributed by atoms with E-state index in [1.807, 2.05) is 42.6 Å². The summed E-state index contributed by atoms with van der Waals surface area (Å²) in [5.74, 6) is -0.721. The number of aliphatic hydroxyl groups excluding tert-OH is 1. The zero-order chi connectivity index (χ0) is 26.5. The van der Waals surface area contributed by atoms with Crippen LogP contribution < -0.4 is 4.74 Å². The number of nitrogens with zero attached hydrogens (tertiary/aromatic N) is 2. The zero-order valence-electron chi connectivity index (χ0n) is 21.5. The minimum Gasteiger partial charge on any atom is -0.507 e. The first-order valence-corrected chi connectivity index (χ1v) is 13.8. The fourth-order valence-electron chi connectivity index (χ4n) is 4.98. The van der Waals surface area contributed by atoms with Gasteiger partial charge < -0.3 is 19.5 Å². The van der Waals surface area contributed by atoms with Gasteiger partial charge >= 0.3 is 0 Å². The van der Waals surface area contributed by atoms with Crippen molar-refractivity contribution >= 4 is 28.8 Å². The van der Waals surface area contributed by atoms with E-state index in [0.29, 0.717) is 24.5 Å². The molecule has 7 nitrogen and oxygen atoms in total. The average Bonchev–Trinajstić information content (AvgIpc) is 3.55. The average molecular weight is 533 g/mol. The predicted molar refractivity (Wildman–Crippen MR) is 147 cm³/mol. The van der Waals surface area contributed by atoms with Gasteiger partial charge in [-0.1, -0.05) is 35.9 Å². The molecule has 8 heteroatoms. The van der Waals surface area contributed by atoms with E-state index >= 15 is 0 Å². The van der Waals surface area contributed by atoms with Crippen molar-refractivity contribution in [2.75, 3.05) is 39.4 Å². The maximum atomic E-state index is 13.2. The Morgan fingerprint density at radius 3 is 2.55 bits per heavy atom. The Labute approximate surface area is 226 Å². The summed E-state index contributed by atoms with van der Waals surface area (Å²) in [5.41, 5.74) is 2.85. The van der Waals surface area contributed by atoms with Gasteiger partial charge in [-0.3, -0.25) is 14.5 Å². The largest absolute Gasteiger partial charge is 0.507 e. The number of carbonyl (C=O) groups excluding carboxylic acids is 2. The van der Waals surface area contributed by atoms with Crippen LogP contribution in [0.2, 0.25) is 0 Å². The molecule has 1 N–H and O–H groups in total. The van der Waals surface area contributed by atoms with Gasteiger partial charge in [0.25, 0.3) is 11.7 Å². The van der Waals surface area contributed by atoms with Gasteiger partial charge in [0.2, 0.25) is 0 Å². The number of aliphatic hydroxyl groups is 1. The van der Waals surface area contributed by atoms with Crippen LogP contribution >= 0.6 is 11.3 Å². The van der Waals surface area contributed by atoms with Gasteiger partial charge in [0, 0.05) is 36.6 Å². The van der Waals surface area contributed by atoms with Crippen LogP contribution in [0.3, 0.4) is 0 Å². The highest BCUT2D eigenvalue weighted by Gasteiger charge is 2.46. The molecule has 1 atom stereocenters. The molecule has 2 fully saturated rings. The van der Waals surface area contributed by atoms with Crippen LogP contribution in [0.15, 0.2) is 71.6 Å². The number of carbonyl (C=O) groups is 2. The molecular formula is C30H32N2O5S. The summed E-state index contributed by atoms with van der Waals surface area (Å²) in [6.07, 6.45) is 0.738. The minimum atomic E-state index is -0.646. The molecule has 0 spiro atoms. The lowest BCUT2D eigenvalue weighted by molar-refractivity contribution is -0.140. The van der Waals surface area contributed by atoms with Crippen LogP contribution in [-0.2, 0) is 20.9 Å². The van der Waals surface area contributed by atoms with Crippen molar-refractivity contribution in [3.8, 4) is 5.75 Å². The zero-order valence-corrected chi connectivity index (χ0v) is 22.3. The van der Waals surface area contributed by atoms with Gasteiger partial charge in [0.15, 0.2) is 0 Å². The molecule has 0 unspecified atom stereocenters. The maximum absolute atomic E-state index is 13.2. The topological polar surface area (TPSA) is 79.3 Å². The standard InChI is InChI=1S/C30H32N2O5S/c1-21-5-2-6-22(19-21)20-37-24-10-8-23(9-11-24)28(33)26-27(25-7-3-18-38-25)32(30(35)29(26)34)13-4-12-31-14-16-36-17-15-31/h2-3,5-11,18-19,27,33H,4,12-17,20H2,1H3/t27-/m0/s1. The molecule has 2 aromatic carbocycles. The molecule has 38 heavy (non-hydrogen) atoms. The van der Waals surface area contributed by atoms with Gasteiger partial charge in [-0.2, -0.15) is 0 Å². The Kier molecular flexibility index (Phi) is 8.22. The summed E-state index contributed by atoms with van der Waals surface area (Å²) in [7, 11) is 0. The first kappa shape index (κ1) is 26.2. The van der Waals surface area contributed by atoms with Gasteiger partial charge in [0.1, 0.15) is 18.1 Å². The maximum Gasteiger partial charge on any atom is 0.295 e. The molecule has 0 bridgehead atoms. The highest BCUT2D eigenvalue weighted by molar-refractivity contribution is 7.10. The second kappa shape index (κ2) is 11.9. The van der Waals surface area contributed by atoms with Crippen molar-refractivity contribution in [3.05, 3.63) is 93.2 Å². The lowest BCUT2D eigenvalue weighted by Crippen LogP contribution is -2.38. The molecule has 2 saturated heterocycles. The van der Waals surface area contributed by atoms with Gasteiger partial charge in [-0.25, -0.2) is 0 Å². The molecule has 3 heterocycles. The Bertz CT molecular complexity index is 1300. The number of aryl methyl sites for hydroxylation is 1. The molecule has 0 radical (unpaired) electrons. The van der Waals surface area contributed by atoms with E-state index in [-0.39, 0.29) is 11.3 Å². The van der Waals surface area contributed by atoms with Crippen molar-refractivity contribution in [3.63, 3.8) is 0 Å². The molecular weight excluding hydrogens is 500 g/mol. The molecule has 1 amide bonds. The molecule has 5 rings (SSSR count). The van der Waals surface area contributed by atoms with Crippen LogP contribution in [-0.4, -0.2) is 66.0 Å². The van der Waals surface area contributed by atoms with E-state index < -0.39 is 17.7 Å². The molecule has 3 aromatic rings. The number of likely N-dealkylation sites (tertiary alicyclic amines) is 1.